The number of aryl methyl sites for hydroxylation is 2. The molecule has 5 heteroatoms. The van der Waals surface area contributed by atoms with Crippen LogP contribution in [0.1, 0.15) is 29.7 Å². The molecule has 0 bridgehead atoms. The quantitative estimate of drug-likeness (QED) is 0.729. The highest BCUT2D eigenvalue weighted by Gasteiger charge is 2.12. The van der Waals surface area contributed by atoms with Crippen LogP contribution in [-0.4, -0.2) is 22.2 Å². The SMILES string of the molecule is Cc1cc(C)cc(CC(=O)Nc2cccc3c(=O)n(C(C)CO)ccc23)c1. The molecule has 2 N–H and O–H groups in total. The summed E-state index contributed by atoms with van der Waals surface area (Å²) >= 11 is 0. The number of hydrogen-bond acceptors (Lipinski definition) is 3. The number of carbonyl (C=O) groups excluding carboxylic acids is 1. The highest BCUT2D eigenvalue weighted by molar-refractivity contribution is 6.02. The Balaban J connectivity index is 1.89. The molecule has 0 radical (unpaired) electrons. The largest absolute Gasteiger partial charge is 0.394 e. The third kappa shape index (κ3) is 4.09. The van der Waals surface area contributed by atoms with Gasteiger partial charge in [-0.2, -0.15) is 0 Å². The second-order valence-electron chi connectivity index (χ2n) is 7.05. The van der Waals surface area contributed by atoms with E-state index in [0.29, 0.717) is 16.5 Å². The number of fused-ring (bicyclic) bond motifs is 1. The van der Waals surface area contributed by atoms with E-state index in [-0.39, 0.29) is 30.5 Å². The Bertz CT molecular complexity index is 1030. The number of hydrogen-bond donors (Lipinski definition) is 2. The van der Waals surface area contributed by atoms with Gasteiger partial charge < -0.3 is 15.0 Å². The van der Waals surface area contributed by atoms with E-state index in [2.05, 4.69) is 11.4 Å². The smallest absolute Gasteiger partial charge is 0.258 e. The predicted molar refractivity (Wildman–Crippen MR) is 108 cm³/mol. The summed E-state index contributed by atoms with van der Waals surface area (Å²) in [6.07, 6.45) is 1.93. The fraction of sp³-hybridized carbons (Fsp3) is 0.273. The average molecular weight is 364 g/mol. The van der Waals surface area contributed by atoms with Crippen molar-refractivity contribution in [3.05, 3.63) is 75.7 Å². The maximum absolute atomic E-state index is 12.7. The van der Waals surface area contributed by atoms with Gasteiger partial charge in [-0.15, -0.1) is 0 Å². The number of aromatic nitrogens is 1. The molecule has 27 heavy (non-hydrogen) atoms. The lowest BCUT2D eigenvalue weighted by Gasteiger charge is -2.14. The lowest BCUT2D eigenvalue weighted by Crippen LogP contribution is -2.25. The summed E-state index contributed by atoms with van der Waals surface area (Å²) in [6, 6.07) is 12.9. The summed E-state index contributed by atoms with van der Waals surface area (Å²) in [7, 11) is 0. The highest BCUT2D eigenvalue weighted by Crippen LogP contribution is 2.22. The molecule has 0 aliphatic heterocycles. The van der Waals surface area contributed by atoms with Crippen LogP contribution in [0.25, 0.3) is 10.8 Å². The van der Waals surface area contributed by atoms with Crippen molar-refractivity contribution in [2.24, 2.45) is 0 Å². The summed E-state index contributed by atoms with van der Waals surface area (Å²) in [4.78, 5) is 25.2. The molecule has 1 unspecified atom stereocenters. The van der Waals surface area contributed by atoms with E-state index in [4.69, 9.17) is 0 Å². The maximum Gasteiger partial charge on any atom is 0.258 e. The molecule has 1 aromatic heterocycles. The number of aliphatic hydroxyl groups is 1. The first-order chi connectivity index (χ1) is 12.9. The standard InChI is InChI=1S/C22H24N2O3/c1-14-9-15(2)11-17(10-14)12-21(26)23-20-6-4-5-19-18(20)7-8-24(22(19)27)16(3)13-25/h4-11,16,25H,12-13H2,1-3H3,(H,23,26). The monoisotopic (exact) mass is 364 g/mol. The first-order valence-corrected chi connectivity index (χ1v) is 9.01. The summed E-state index contributed by atoms with van der Waals surface area (Å²) < 4.78 is 1.50. The topological polar surface area (TPSA) is 71.3 Å². The van der Waals surface area contributed by atoms with Crippen LogP contribution in [0, 0.1) is 13.8 Å². The van der Waals surface area contributed by atoms with Crippen molar-refractivity contribution < 1.29 is 9.90 Å². The first kappa shape index (κ1) is 18.9. The van der Waals surface area contributed by atoms with Gasteiger partial charge in [0.15, 0.2) is 0 Å². The van der Waals surface area contributed by atoms with Crippen molar-refractivity contribution in [3.8, 4) is 0 Å². The Morgan fingerprint density at radius 2 is 1.81 bits per heavy atom. The number of benzene rings is 2. The molecule has 0 spiro atoms. The average Bonchev–Trinajstić information content (AvgIpc) is 2.61. The van der Waals surface area contributed by atoms with Gasteiger partial charge in [-0.25, -0.2) is 0 Å². The molecule has 2 aromatic carbocycles. The normalized spacial score (nSPS) is 12.1. The molecule has 0 fully saturated rings. The van der Waals surface area contributed by atoms with Crippen LogP contribution in [-0.2, 0) is 11.2 Å². The lowest BCUT2D eigenvalue weighted by molar-refractivity contribution is -0.115. The van der Waals surface area contributed by atoms with Gasteiger partial charge in [-0.05, 0) is 44.5 Å². The van der Waals surface area contributed by atoms with Gasteiger partial charge in [0.1, 0.15) is 0 Å². The van der Waals surface area contributed by atoms with Crippen molar-refractivity contribution in [2.75, 3.05) is 11.9 Å². The number of pyridine rings is 1. The Hall–Kier alpha value is -2.92. The molecular formula is C22H24N2O3. The highest BCUT2D eigenvalue weighted by atomic mass is 16.3. The fourth-order valence-corrected chi connectivity index (χ4v) is 3.39. The van der Waals surface area contributed by atoms with Crippen LogP contribution in [0.2, 0.25) is 0 Å². The molecular weight excluding hydrogens is 340 g/mol. The van der Waals surface area contributed by atoms with Gasteiger partial charge in [0.25, 0.3) is 5.56 Å². The van der Waals surface area contributed by atoms with E-state index in [1.54, 1.807) is 37.4 Å². The van der Waals surface area contributed by atoms with E-state index in [1.807, 2.05) is 26.0 Å². The van der Waals surface area contributed by atoms with E-state index >= 15 is 0 Å². The molecule has 1 amide bonds. The minimum Gasteiger partial charge on any atom is -0.394 e. The van der Waals surface area contributed by atoms with E-state index in [9.17, 15) is 14.7 Å². The van der Waals surface area contributed by atoms with Crippen LogP contribution >= 0.6 is 0 Å². The fourth-order valence-electron chi connectivity index (χ4n) is 3.39. The van der Waals surface area contributed by atoms with Crippen molar-refractivity contribution in [2.45, 2.75) is 33.2 Å². The van der Waals surface area contributed by atoms with Gasteiger partial charge in [-0.1, -0.05) is 35.4 Å². The number of rotatable bonds is 5. The molecule has 0 saturated carbocycles. The van der Waals surface area contributed by atoms with Crippen LogP contribution in [0.3, 0.4) is 0 Å². The number of amides is 1. The molecule has 3 aromatic rings. The van der Waals surface area contributed by atoms with Crippen LogP contribution < -0.4 is 10.9 Å². The molecule has 0 aliphatic carbocycles. The van der Waals surface area contributed by atoms with Crippen LogP contribution in [0.5, 0.6) is 0 Å². The van der Waals surface area contributed by atoms with Gasteiger partial charge in [0.2, 0.25) is 5.91 Å². The number of aliphatic hydroxyl groups excluding tert-OH is 1. The number of nitrogens with zero attached hydrogens (tertiary/aromatic N) is 1. The zero-order chi connectivity index (χ0) is 19.6. The zero-order valence-electron chi connectivity index (χ0n) is 15.8. The summed E-state index contributed by atoms with van der Waals surface area (Å²) in [5.41, 5.74) is 3.65. The molecule has 140 valence electrons. The van der Waals surface area contributed by atoms with Gasteiger partial charge >= 0.3 is 0 Å². The van der Waals surface area contributed by atoms with E-state index in [0.717, 1.165) is 16.7 Å². The third-order valence-electron chi connectivity index (χ3n) is 4.63. The van der Waals surface area contributed by atoms with Gasteiger partial charge in [0, 0.05) is 22.7 Å². The second-order valence-corrected chi connectivity index (χ2v) is 7.05. The Kier molecular flexibility index (Phi) is 5.42. The number of nitrogens with one attached hydrogen (secondary N) is 1. The minimum atomic E-state index is -0.301. The molecule has 0 aliphatic rings. The van der Waals surface area contributed by atoms with Crippen LogP contribution in [0.4, 0.5) is 5.69 Å². The molecule has 1 heterocycles. The summed E-state index contributed by atoms with van der Waals surface area (Å²) in [5, 5.41) is 13.5. The maximum atomic E-state index is 12.7. The Morgan fingerprint density at radius 1 is 1.11 bits per heavy atom. The van der Waals surface area contributed by atoms with Crippen molar-refractivity contribution in [1.82, 2.24) is 4.57 Å². The van der Waals surface area contributed by atoms with E-state index < -0.39 is 0 Å². The van der Waals surface area contributed by atoms with Crippen molar-refractivity contribution >= 4 is 22.4 Å². The summed E-state index contributed by atoms with van der Waals surface area (Å²) in [5.74, 6) is -0.125. The van der Waals surface area contributed by atoms with E-state index in [1.165, 1.54) is 4.57 Å². The third-order valence-corrected chi connectivity index (χ3v) is 4.63. The van der Waals surface area contributed by atoms with Crippen LogP contribution in [0.15, 0.2) is 53.5 Å². The molecule has 1 atom stereocenters. The summed E-state index contributed by atoms with van der Waals surface area (Å²) in [6.45, 7) is 5.69. The first-order valence-electron chi connectivity index (χ1n) is 9.01. The molecule has 3 rings (SSSR count). The van der Waals surface area contributed by atoms with Crippen molar-refractivity contribution in [1.29, 1.82) is 0 Å². The second kappa shape index (κ2) is 7.76. The van der Waals surface area contributed by atoms with Crippen molar-refractivity contribution in [3.63, 3.8) is 0 Å². The predicted octanol–water partition coefficient (Wildman–Crippen LogP) is 3.35. The lowest BCUT2D eigenvalue weighted by atomic mass is 10.0. The van der Waals surface area contributed by atoms with Gasteiger partial charge in [-0.3, -0.25) is 9.59 Å². The number of anilines is 1. The molecule has 5 nitrogen and oxygen atoms in total. The molecule has 0 saturated heterocycles. The Labute approximate surface area is 158 Å². The zero-order valence-corrected chi connectivity index (χ0v) is 15.8. The minimum absolute atomic E-state index is 0.113. The Morgan fingerprint density at radius 3 is 2.48 bits per heavy atom. The van der Waals surface area contributed by atoms with Gasteiger partial charge in [0.05, 0.1) is 19.1 Å². The number of carbonyl (C=O) groups is 1.